The molecule has 1 aliphatic rings. The van der Waals surface area contributed by atoms with Crippen molar-refractivity contribution in [2.45, 2.75) is 28.2 Å². The van der Waals surface area contributed by atoms with E-state index in [0.29, 0.717) is 6.61 Å². The quantitative estimate of drug-likeness (QED) is 0.487. The van der Waals surface area contributed by atoms with Crippen molar-refractivity contribution in [3.63, 3.8) is 0 Å². The van der Waals surface area contributed by atoms with E-state index in [1.165, 1.54) is 6.08 Å². The number of carbonyl (C=O) groups is 1. The largest absolute Gasteiger partial charge is 0.462 e. The number of hydrogen-bond donors (Lipinski definition) is 0. The molecule has 0 radical (unpaired) electrons. The van der Waals surface area contributed by atoms with Crippen LogP contribution in [-0.2, 0) is 9.53 Å². The Bertz CT molecular complexity index is 136. The average molecular weight is 144 g/mol. The van der Waals surface area contributed by atoms with E-state index in [1.54, 1.807) is 0 Å². The molecule has 0 aromatic rings. The predicted molar refractivity (Wildman–Crippen MR) is 42.8 cm³/mol. The fourth-order valence-electron chi connectivity index (χ4n) is 0.628. The van der Waals surface area contributed by atoms with Crippen molar-refractivity contribution in [1.82, 2.24) is 0 Å². The Morgan fingerprint density at radius 1 is 1.50 bits per heavy atom. The highest BCUT2D eigenvalue weighted by atomic mass is 16.5. The van der Waals surface area contributed by atoms with Crippen LogP contribution in [0.2, 0.25) is 0 Å². The molecule has 0 fully saturated rings. The van der Waals surface area contributed by atoms with Crippen LogP contribution in [0.1, 0.15) is 28.2 Å². The lowest BCUT2D eigenvalue weighted by molar-refractivity contribution is -0.138. The Kier molecular flexibility index (Phi) is 6.01. The molecule has 0 unspecified atom stereocenters. The first kappa shape index (κ1) is 11.9. The first-order chi connectivity index (χ1) is 3.79. The molecule has 0 aromatic heterocycles. The zero-order valence-corrected chi connectivity index (χ0v) is 4.81. The van der Waals surface area contributed by atoms with Gasteiger partial charge in [-0.1, -0.05) is 20.4 Å². The van der Waals surface area contributed by atoms with E-state index in [2.05, 4.69) is 4.74 Å². The van der Waals surface area contributed by atoms with Crippen molar-refractivity contribution < 1.29 is 9.53 Å². The standard InChI is InChI=1S/C6H8O2.2CH4/c1-5-2-3-8-6(7)4-5;;/h4H,2-3H2,1H3;2*1H4. The minimum atomic E-state index is -0.200. The molecule has 0 atom stereocenters. The molecule has 0 saturated carbocycles. The van der Waals surface area contributed by atoms with Crippen molar-refractivity contribution in [2.24, 2.45) is 0 Å². The molecular weight excluding hydrogens is 128 g/mol. The van der Waals surface area contributed by atoms with Gasteiger partial charge < -0.3 is 4.74 Å². The van der Waals surface area contributed by atoms with E-state index >= 15 is 0 Å². The summed E-state index contributed by atoms with van der Waals surface area (Å²) in [6.07, 6.45) is 2.43. The first-order valence-corrected chi connectivity index (χ1v) is 2.63. The minimum absolute atomic E-state index is 0. The monoisotopic (exact) mass is 144 g/mol. The Labute approximate surface area is 62.9 Å². The molecule has 0 N–H and O–H groups in total. The van der Waals surface area contributed by atoms with E-state index in [9.17, 15) is 4.79 Å². The second-order valence-electron chi connectivity index (χ2n) is 1.91. The molecule has 10 heavy (non-hydrogen) atoms. The normalized spacial score (nSPS) is 15.7. The molecule has 0 aromatic carbocycles. The number of ether oxygens (including phenoxy) is 1. The second kappa shape index (κ2) is 5.03. The predicted octanol–water partition coefficient (Wildman–Crippen LogP) is 2.15. The summed E-state index contributed by atoms with van der Waals surface area (Å²) in [4.78, 5) is 10.4. The van der Waals surface area contributed by atoms with Crippen LogP contribution in [0.4, 0.5) is 0 Å². The van der Waals surface area contributed by atoms with Crippen molar-refractivity contribution in [3.05, 3.63) is 11.6 Å². The smallest absolute Gasteiger partial charge is 0.330 e. The van der Waals surface area contributed by atoms with E-state index in [-0.39, 0.29) is 20.8 Å². The van der Waals surface area contributed by atoms with E-state index in [0.717, 1.165) is 12.0 Å². The zero-order valence-electron chi connectivity index (χ0n) is 4.81. The Morgan fingerprint density at radius 3 is 2.40 bits per heavy atom. The lowest BCUT2D eigenvalue weighted by Gasteiger charge is -2.07. The van der Waals surface area contributed by atoms with Crippen LogP contribution in [-0.4, -0.2) is 12.6 Å². The van der Waals surface area contributed by atoms with Gasteiger partial charge in [-0.3, -0.25) is 0 Å². The summed E-state index contributed by atoms with van der Waals surface area (Å²) in [5.41, 5.74) is 1.11. The van der Waals surface area contributed by atoms with Crippen LogP contribution >= 0.6 is 0 Å². The summed E-state index contributed by atoms with van der Waals surface area (Å²) >= 11 is 0. The van der Waals surface area contributed by atoms with Crippen LogP contribution in [0.15, 0.2) is 11.6 Å². The van der Waals surface area contributed by atoms with Gasteiger partial charge in [-0.15, -0.1) is 0 Å². The van der Waals surface area contributed by atoms with Crippen molar-refractivity contribution in [3.8, 4) is 0 Å². The molecule has 0 saturated heterocycles. The molecule has 2 heteroatoms. The van der Waals surface area contributed by atoms with E-state index in [1.807, 2.05) is 6.92 Å². The van der Waals surface area contributed by atoms with Crippen molar-refractivity contribution in [1.29, 1.82) is 0 Å². The van der Waals surface area contributed by atoms with Gasteiger partial charge in [0.2, 0.25) is 0 Å². The maximum atomic E-state index is 10.4. The summed E-state index contributed by atoms with van der Waals surface area (Å²) in [6.45, 7) is 2.49. The van der Waals surface area contributed by atoms with Crippen LogP contribution in [0.5, 0.6) is 0 Å². The third-order valence-corrected chi connectivity index (χ3v) is 1.10. The van der Waals surface area contributed by atoms with Crippen LogP contribution < -0.4 is 0 Å². The zero-order chi connectivity index (χ0) is 5.98. The molecule has 1 heterocycles. The number of carbonyl (C=O) groups excluding carboxylic acids is 1. The second-order valence-corrected chi connectivity index (χ2v) is 1.91. The maximum Gasteiger partial charge on any atom is 0.330 e. The maximum absolute atomic E-state index is 10.4. The SMILES string of the molecule is C.C.CC1=CC(=O)OCC1. The first-order valence-electron chi connectivity index (χ1n) is 2.63. The van der Waals surface area contributed by atoms with Crippen LogP contribution in [0, 0.1) is 0 Å². The van der Waals surface area contributed by atoms with Gasteiger partial charge in [-0.2, -0.15) is 0 Å². The van der Waals surface area contributed by atoms with Crippen LogP contribution in [0.3, 0.4) is 0 Å². The molecular formula is C8H16O2. The Balaban J connectivity index is 0. The third-order valence-electron chi connectivity index (χ3n) is 1.10. The van der Waals surface area contributed by atoms with Gasteiger partial charge in [0.1, 0.15) is 0 Å². The average Bonchev–Trinajstić information content (AvgIpc) is 1.64. The third kappa shape index (κ3) is 3.28. The summed E-state index contributed by atoms with van der Waals surface area (Å²) < 4.78 is 4.63. The summed E-state index contributed by atoms with van der Waals surface area (Å²) in [5, 5.41) is 0. The van der Waals surface area contributed by atoms with Crippen LogP contribution in [0.25, 0.3) is 0 Å². The molecule has 0 bridgehead atoms. The minimum Gasteiger partial charge on any atom is -0.462 e. The van der Waals surface area contributed by atoms with Gasteiger partial charge in [-0.25, -0.2) is 4.79 Å². The Morgan fingerprint density at radius 2 is 2.10 bits per heavy atom. The number of rotatable bonds is 0. The lowest BCUT2D eigenvalue weighted by atomic mass is 10.2. The number of hydrogen-bond acceptors (Lipinski definition) is 2. The molecule has 0 amide bonds. The van der Waals surface area contributed by atoms with E-state index in [4.69, 9.17) is 0 Å². The molecule has 0 aliphatic carbocycles. The van der Waals surface area contributed by atoms with Gasteiger partial charge in [0.05, 0.1) is 6.61 Å². The summed E-state index contributed by atoms with van der Waals surface area (Å²) in [5.74, 6) is -0.200. The van der Waals surface area contributed by atoms with Gasteiger partial charge in [0, 0.05) is 12.5 Å². The number of cyclic esters (lactones) is 1. The number of esters is 1. The molecule has 60 valence electrons. The van der Waals surface area contributed by atoms with Crippen molar-refractivity contribution in [2.75, 3.05) is 6.61 Å². The van der Waals surface area contributed by atoms with Crippen molar-refractivity contribution >= 4 is 5.97 Å². The highest BCUT2D eigenvalue weighted by Crippen LogP contribution is 2.05. The molecule has 1 aliphatic heterocycles. The molecule has 2 nitrogen and oxygen atoms in total. The summed E-state index contributed by atoms with van der Waals surface area (Å²) in [6, 6.07) is 0. The van der Waals surface area contributed by atoms with Gasteiger partial charge >= 0.3 is 5.97 Å². The highest BCUT2D eigenvalue weighted by molar-refractivity contribution is 5.83. The highest BCUT2D eigenvalue weighted by Gasteiger charge is 2.04. The Hall–Kier alpha value is -0.790. The molecule has 0 spiro atoms. The fraction of sp³-hybridized carbons (Fsp3) is 0.625. The molecule has 1 rings (SSSR count). The fourth-order valence-corrected chi connectivity index (χ4v) is 0.628. The lowest BCUT2D eigenvalue weighted by Crippen LogP contribution is -2.08. The van der Waals surface area contributed by atoms with Gasteiger partial charge in [0.25, 0.3) is 0 Å². The topological polar surface area (TPSA) is 26.3 Å². The van der Waals surface area contributed by atoms with E-state index < -0.39 is 0 Å². The van der Waals surface area contributed by atoms with Gasteiger partial charge in [-0.05, 0) is 6.92 Å². The van der Waals surface area contributed by atoms with Gasteiger partial charge in [0.15, 0.2) is 0 Å². The summed E-state index contributed by atoms with van der Waals surface area (Å²) in [7, 11) is 0.